The summed E-state index contributed by atoms with van der Waals surface area (Å²) in [5.41, 5.74) is 0.498. The molecule has 0 radical (unpaired) electrons. The lowest BCUT2D eigenvalue weighted by Gasteiger charge is -2.21. The monoisotopic (exact) mass is 301 g/mol. The molecule has 1 amide bonds. The minimum Gasteiger partial charge on any atom is -0.336 e. The van der Waals surface area contributed by atoms with Crippen molar-refractivity contribution in [1.82, 2.24) is 14.9 Å². The van der Waals surface area contributed by atoms with Gasteiger partial charge in [-0.25, -0.2) is 4.98 Å². The molecule has 1 heterocycles. The number of benzene rings is 1. The zero-order chi connectivity index (χ0) is 16.1. The summed E-state index contributed by atoms with van der Waals surface area (Å²) < 4.78 is 0. The van der Waals surface area contributed by atoms with Crippen LogP contribution in [0.1, 0.15) is 39.4 Å². The first-order valence-electron chi connectivity index (χ1n) is 7.77. The Morgan fingerprint density at radius 1 is 1.32 bits per heavy atom. The molecule has 1 N–H and O–H groups in total. The summed E-state index contributed by atoms with van der Waals surface area (Å²) in [5, 5.41) is 0.570. The van der Waals surface area contributed by atoms with Crippen molar-refractivity contribution in [3.8, 4) is 0 Å². The molecule has 5 heteroatoms. The van der Waals surface area contributed by atoms with Crippen LogP contribution in [0.5, 0.6) is 0 Å². The van der Waals surface area contributed by atoms with Gasteiger partial charge in [0.1, 0.15) is 5.82 Å². The summed E-state index contributed by atoms with van der Waals surface area (Å²) in [6.07, 6.45) is 1.40. The largest absolute Gasteiger partial charge is 0.336 e. The summed E-state index contributed by atoms with van der Waals surface area (Å²) in [5.74, 6) is 1.14. The summed E-state index contributed by atoms with van der Waals surface area (Å²) >= 11 is 0. The highest BCUT2D eigenvalue weighted by Crippen LogP contribution is 2.10. The summed E-state index contributed by atoms with van der Waals surface area (Å²) in [6, 6.07) is 7.22. The van der Waals surface area contributed by atoms with Crippen molar-refractivity contribution in [1.29, 1.82) is 0 Å². The van der Waals surface area contributed by atoms with E-state index < -0.39 is 0 Å². The van der Waals surface area contributed by atoms with Crippen molar-refractivity contribution in [2.45, 2.75) is 40.2 Å². The SMILES string of the molecule is CCN(Cc1nc2ccccc2c(=O)[nH]1)C(=O)CCC(C)C. The first-order chi connectivity index (χ1) is 10.5. The second-order valence-electron chi connectivity index (χ2n) is 5.87. The molecule has 0 spiro atoms. The van der Waals surface area contributed by atoms with Crippen LogP contribution in [-0.4, -0.2) is 27.3 Å². The smallest absolute Gasteiger partial charge is 0.258 e. The van der Waals surface area contributed by atoms with Gasteiger partial charge in [0.25, 0.3) is 5.56 Å². The maximum Gasteiger partial charge on any atom is 0.258 e. The van der Waals surface area contributed by atoms with E-state index in [0.29, 0.717) is 42.2 Å². The predicted molar refractivity (Wildman–Crippen MR) is 87.5 cm³/mol. The van der Waals surface area contributed by atoms with Gasteiger partial charge >= 0.3 is 0 Å². The van der Waals surface area contributed by atoms with Crippen LogP contribution >= 0.6 is 0 Å². The molecular formula is C17H23N3O2. The molecule has 1 aromatic carbocycles. The summed E-state index contributed by atoms with van der Waals surface area (Å²) in [4.78, 5) is 33.3. The number of rotatable bonds is 6. The van der Waals surface area contributed by atoms with Crippen molar-refractivity contribution < 1.29 is 4.79 Å². The zero-order valence-electron chi connectivity index (χ0n) is 13.4. The minimum atomic E-state index is -0.161. The molecule has 0 saturated heterocycles. The van der Waals surface area contributed by atoms with Gasteiger partial charge in [0.15, 0.2) is 0 Å². The van der Waals surface area contributed by atoms with Gasteiger partial charge in [0.2, 0.25) is 5.91 Å². The Morgan fingerprint density at radius 3 is 2.73 bits per heavy atom. The lowest BCUT2D eigenvalue weighted by atomic mass is 10.1. The number of H-pyrrole nitrogens is 1. The number of carbonyl (C=O) groups is 1. The van der Waals surface area contributed by atoms with Gasteiger partial charge in [0, 0.05) is 13.0 Å². The average Bonchev–Trinajstić information content (AvgIpc) is 2.50. The highest BCUT2D eigenvalue weighted by Gasteiger charge is 2.14. The van der Waals surface area contributed by atoms with E-state index in [0.717, 1.165) is 6.42 Å². The van der Waals surface area contributed by atoms with Crippen LogP contribution in [0.15, 0.2) is 29.1 Å². The molecule has 0 aliphatic carbocycles. The number of nitrogens with one attached hydrogen (secondary N) is 1. The van der Waals surface area contributed by atoms with E-state index >= 15 is 0 Å². The summed E-state index contributed by atoms with van der Waals surface area (Å²) in [6.45, 7) is 7.09. The van der Waals surface area contributed by atoms with Crippen LogP contribution in [0.3, 0.4) is 0 Å². The van der Waals surface area contributed by atoms with E-state index in [2.05, 4.69) is 23.8 Å². The van der Waals surface area contributed by atoms with E-state index in [-0.39, 0.29) is 11.5 Å². The number of aromatic nitrogens is 2. The van der Waals surface area contributed by atoms with Crippen LogP contribution in [0, 0.1) is 5.92 Å². The van der Waals surface area contributed by atoms with Gasteiger partial charge in [-0.2, -0.15) is 0 Å². The number of hydrogen-bond donors (Lipinski definition) is 1. The predicted octanol–water partition coefficient (Wildman–Crippen LogP) is 2.71. The molecule has 0 fully saturated rings. The Hall–Kier alpha value is -2.17. The Balaban J connectivity index is 2.17. The number of hydrogen-bond acceptors (Lipinski definition) is 3. The lowest BCUT2D eigenvalue weighted by Crippen LogP contribution is -2.32. The van der Waals surface area contributed by atoms with Crippen molar-refractivity contribution in [3.63, 3.8) is 0 Å². The Morgan fingerprint density at radius 2 is 2.05 bits per heavy atom. The normalized spacial score (nSPS) is 11.1. The van der Waals surface area contributed by atoms with Gasteiger partial charge in [0.05, 0.1) is 17.4 Å². The van der Waals surface area contributed by atoms with E-state index in [4.69, 9.17) is 0 Å². The van der Waals surface area contributed by atoms with Crippen molar-refractivity contribution in [2.75, 3.05) is 6.54 Å². The number of amides is 1. The maximum absolute atomic E-state index is 12.2. The first-order valence-corrected chi connectivity index (χ1v) is 7.77. The number of para-hydroxylation sites is 1. The highest BCUT2D eigenvalue weighted by molar-refractivity contribution is 5.77. The molecule has 22 heavy (non-hydrogen) atoms. The van der Waals surface area contributed by atoms with Crippen LogP contribution in [0.4, 0.5) is 0 Å². The number of aromatic amines is 1. The third-order valence-corrected chi connectivity index (χ3v) is 3.67. The van der Waals surface area contributed by atoms with E-state index in [1.165, 1.54) is 0 Å². The fourth-order valence-corrected chi connectivity index (χ4v) is 2.34. The highest BCUT2D eigenvalue weighted by atomic mass is 16.2. The number of fused-ring (bicyclic) bond motifs is 1. The molecule has 0 unspecified atom stereocenters. The van der Waals surface area contributed by atoms with E-state index in [1.807, 2.05) is 25.1 Å². The molecule has 118 valence electrons. The fraction of sp³-hybridized carbons (Fsp3) is 0.471. The quantitative estimate of drug-likeness (QED) is 0.892. The second-order valence-corrected chi connectivity index (χ2v) is 5.87. The van der Waals surface area contributed by atoms with Crippen molar-refractivity contribution in [3.05, 3.63) is 40.4 Å². The minimum absolute atomic E-state index is 0.104. The average molecular weight is 301 g/mol. The maximum atomic E-state index is 12.2. The molecule has 2 rings (SSSR count). The molecular weight excluding hydrogens is 278 g/mol. The van der Waals surface area contributed by atoms with E-state index in [9.17, 15) is 9.59 Å². The molecule has 0 aliphatic heterocycles. The number of carbonyl (C=O) groups excluding carboxylic acids is 1. The zero-order valence-corrected chi connectivity index (χ0v) is 13.4. The van der Waals surface area contributed by atoms with Crippen molar-refractivity contribution in [2.24, 2.45) is 5.92 Å². The third-order valence-electron chi connectivity index (χ3n) is 3.67. The van der Waals surface area contributed by atoms with Crippen LogP contribution in [0.25, 0.3) is 10.9 Å². The van der Waals surface area contributed by atoms with Gasteiger partial charge in [-0.1, -0.05) is 26.0 Å². The molecule has 2 aromatic rings. The van der Waals surface area contributed by atoms with Crippen molar-refractivity contribution >= 4 is 16.8 Å². The lowest BCUT2D eigenvalue weighted by molar-refractivity contribution is -0.132. The third kappa shape index (κ3) is 3.93. The van der Waals surface area contributed by atoms with Gasteiger partial charge in [-0.15, -0.1) is 0 Å². The summed E-state index contributed by atoms with van der Waals surface area (Å²) in [7, 11) is 0. The molecule has 0 aliphatic rings. The molecule has 1 aromatic heterocycles. The van der Waals surface area contributed by atoms with Gasteiger partial charge in [-0.05, 0) is 31.4 Å². The van der Waals surface area contributed by atoms with Crippen LogP contribution in [0.2, 0.25) is 0 Å². The molecule has 5 nitrogen and oxygen atoms in total. The number of nitrogens with zero attached hydrogens (tertiary/aromatic N) is 2. The van der Waals surface area contributed by atoms with Gasteiger partial charge < -0.3 is 9.88 Å². The topological polar surface area (TPSA) is 66.1 Å². The Kier molecular flexibility index (Phi) is 5.31. The fourth-order valence-electron chi connectivity index (χ4n) is 2.34. The van der Waals surface area contributed by atoms with Crippen LogP contribution in [-0.2, 0) is 11.3 Å². The van der Waals surface area contributed by atoms with Crippen LogP contribution < -0.4 is 5.56 Å². The molecule has 0 atom stereocenters. The standard InChI is InChI=1S/C17H23N3O2/c1-4-20(16(21)10-9-12(2)3)11-15-18-14-8-6-5-7-13(14)17(22)19-15/h5-8,12H,4,9-11H2,1-3H3,(H,18,19,22). The molecule has 0 saturated carbocycles. The Labute approximate surface area is 130 Å². The first kappa shape index (κ1) is 16.2. The second kappa shape index (κ2) is 7.20. The van der Waals surface area contributed by atoms with E-state index in [1.54, 1.807) is 11.0 Å². The van der Waals surface area contributed by atoms with Gasteiger partial charge in [-0.3, -0.25) is 9.59 Å². The molecule has 0 bridgehead atoms. The Bertz CT molecular complexity index is 706.